The number of fused-ring (bicyclic) bond motifs is 5. The average Bonchev–Trinajstić information content (AvgIpc) is 3.30. The van der Waals surface area contributed by atoms with Crippen LogP contribution in [0.2, 0.25) is 0 Å². The normalized spacial score (nSPS) is 35.2. The quantitative estimate of drug-likeness (QED) is 0.476. The first kappa shape index (κ1) is 17.1. The Kier molecular flexibility index (Phi) is 4.90. The van der Waals surface area contributed by atoms with Crippen LogP contribution in [-0.4, -0.2) is 86.3 Å². The van der Waals surface area contributed by atoms with Gasteiger partial charge in [0.2, 0.25) is 0 Å². The molecule has 0 radical (unpaired) electrons. The van der Waals surface area contributed by atoms with Crippen LogP contribution in [0.25, 0.3) is 0 Å². The lowest BCUT2D eigenvalue weighted by atomic mass is 9.85. The molecule has 0 N–H and O–H groups in total. The van der Waals surface area contributed by atoms with Gasteiger partial charge in [0.15, 0.2) is 0 Å². The number of carbonyl (C=O) groups is 2. The van der Waals surface area contributed by atoms with Gasteiger partial charge in [-0.15, -0.1) is 0 Å². The Morgan fingerprint density at radius 3 is 1.96 bits per heavy atom. The van der Waals surface area contributed by atoms with E-state index in [-0.39, 0.29) is 35.5 Å². The average molecular weight is 349 g/mol. The van der Waals surface area contributed by atoms with Gasteiger partial charge in [-0.05, 0) is 18.3 Å². The summed E-state index contributed by atoms with van der Waals surface area (Å²) in [6.07, 6.45) is 5.15. The van der Waals surface area contributed by atoms with Crippen LogP contribution in [0.4, 0.5) is 0 Å². The predicted octanol–water partition coefficient (Wildman–Crippen LogP) is -0.0109. The molecular formula is C18H27N3O4. The van der Waals surface area contributed by atoms with E-state index in [0.717, 1.165) is 57.4 Å². The number of piperazine rings is 1. The van der Waals surface area contributed by atoms with Crippen LogP contribution in [0.5, 0.6) is 0 Å². The van der Waals surface area contributed by atoms with Crippen molar-refractivity contribution < 1.29 is 19.2 Å². The first-order chi connectivity index (χ1) is 12.2. The van der Waals surface area contributed by atoms with Gasteiger partial charge in [-0.1, -0.05) is 12.2 Å². The summed E-state index contributed by atoms with van der Waals surface area (Å²) in [7, 11) is 1.73. The van der Waals surface area contributed by atoms with Gasteiger partial charge in [0.05, 0.1) is 25.0 Å². The summed E-state index contributed by atoms with van der Waals surface area (Å²) < 4.78 is 5.12. The Labute approximate surface area is 148 Å². The Morgan fingerprint density at radius 1 is 0.920 bits per heavy atom. The van der Waals surface area contributed by atoms with Crippen molar-refractivity contribution >= 4 is 11.8 Å². The van der Waals surface area contributed by atoms with E-state index >= 15 is 0 Å². The molecule has 0 spiro atoms. The molecule has 2 unspecified atom stereocenters. The summed E-state index contributed by atoms with van der Waals surface area (Å²) in [5.74, 6) is -0.133. The summed E-state index contributed by atoms with van der Waals surface area (Å²) in [6, 6.07) is 0. The molecule has 4 atom stereocenters. The zero-order valence-corrected chi connectivity index (χ0v) is 14.8. The van der Waals surface area contributed by atoms with Gasteiger partial charge in [0.1, 0.15) is 0 Å². The van der Waals surface area contributed by atoms with E-state index in [2.05, 4.69) is 22.0 Å². The Morgan fingerprint density at radius 2 is 1.44 bits per heavy atom. The van der Waals surface area contributed by atoms with E-state index in [4.69, 9.17) is 9.57 Å². The van der Waals surface area contributed by atoms with Crippen LogP contribution in [0.3, 0.4) is 0 Å². The highest BCUT2D eigenvalue weighted by molar-refractivity contribution is 6.05. The molecule has 25 heavy (non-hydrogen) atoms. The molecule has 4 rings (SSSR count). The van der Waals surface area contributed by atoms with Crippen LogP contribution in [0, 0.1) is 23.7 Å². The van der Waals surface area contributed by atoms with E-state index in [1.165, 1.54) is 0 Å². The maximum Gasteiger partial charge on any atom is 0.258 e. The van der Waals surface area contributed by atoms with E-state index in [0.29, 0.717) is 6.61 Å². The van der Waals surface area contributed by atoms with Crippen molar-refractivity contribution in [2.45, 2.75) is 6.42 Å². The first-order valence-electron chi connectivity index (χ1n) is 9.31. The summed E-state index contributed by atoms with van der Waals surface area (Å²) in [5.41, 5.74) is 0. The minimum atomic E-state index is -0.174. The predicted molar refractivity (Wildman–Crippen MR) is 90.3 cm³/mol. The second kappa shape index (κ2) is 7.15. The summed E-state index contributed by atoms with van der Waals surface area (Å²) in [6.45, 7) is 6.86. The van der Waals surface area contributed by atoms with Gasteiger partial charge in [0.25, 0.3) is 11.8 Å². The first-order valence-corrected chi connectivity index (χ1v) is 9.31. The molecule has 2 aliphatic carbocycles. The summed E-state index contributed by atoms with van der Waals surface area (Å²) in [4.78, 5) is 35.4. The van der Waals surface area contributed by atoms with Crippen LogP contribution >= 0.6 is 0 Å². The van der Waals surface area contributed by atoms with Crippen LogP contribution in [0.1, 0.15) is 6.42 Å². The third kappa shape index (κ3) is 3.14. The van der Waals surface area contributed by atoms with Gasteiger partial charge < -0.3 is 4.74 Å². The number of carbonyl (C=O) groups excluding carboxylic acids is 2. The van der Waals surface area contributed by atoms with Gasteiger partial charge in [-0.2, -0.15) is 5.06 Å². The molecular weight excluding hydrogens is 322 g/mol. The topological polar surface area (TPSA) is 62.3 Å². The number of imide groups is 1. The molecule has 2 saturated heterocycles. The fourth-order valence-electron chi connectivity index (χ4n) is 4.72. The van der Waals surface area contributed by atoms with Crippen molar-refractivity contribution in [3.8, 4) is 0 Å². The maximum atomic E-state index is 12.5. The fourth-order valence-corrected chi connectivity index (χ4v) is 4.72. The van der Waals surface area contributed by atoms with Crippen molar-refractivity contribution in [1.29, 1.82) is 0 Å². The SMILES string of the molecule is COCCN1CCN(CCON2C(=O)C3C(C2=O)[C@H]2C=C[C@@H]3C2)CC1. The molecule has 7 heteroatoms. The number of ether oxygens (including phenoxy) is 1. The molecule has 2 heterocycles. The molecule has 1 saturated carbocycles. The van der Waals surface area contributed by atoms with Gasteiger partial charge in [-0.3, -0.25) is 24.2 Å². The zero-order chi connectivity index (χ0) is 17.4. The Balaban J connectivity index is 1.21. The third-order valence-corrected chi connectivity index (χ3v) is 6.13. The maximum absolute atomic E-state index is 12.5. The minimum Gasteiger partial charge on any atom is -0.383 e. The Bertz CT molecular complexity index is 529. The van der Waals surface area contributed by atoms with Crippen LogP contribution in [-0.2, 0) is 19.2 Å². The number of hydrogen-bond donors (Lipinski definition) is 0. The standard InChI is InChI=1S/C18H27N3O4/c1-24-10-8-19-4-6-20(7-5-19)9-11-25-21-17(22)15-13-2-3-14(12-13)16(15)18(21)23/h2-3,13-16H,4-12H2,1H3/t13-,14+,15?,16?. The molecule has 2 bridgehead atoms. The van der Waals surface area contributed by atoms with Crippen molar-refractivity contribution in [2.24, 2.45) is 23.7 Å². The van der Waals surface area contributed by atoms with Crippen molar-refractivity contribution in [3.05, 3.63) is 12.2 Å². The minimum absolute atomic E-state index is 0.128. The van der Waals surface area contributed by atoms with E-state index in [1.807, 2.05) is 0 Å². The van der Waals surface area contributed by atoms with Crippen molar-refractivity contribution in [3.63, 3.8) is 0 Å². The highest BCUT2D eigenvalue weighted by Gasteiger charge is 2.60. The van der Waals surface area contributed by atoms with Crippen molar-refractivity contribution in [2.75, 3.05) is 59.6 Å². The second-order valence-electron chi connectivity index (χ2n) is 7.48. The molecule has 4 aliphatic rings. The molecule has 138 valence electrons. The molecule has 0 aromatic carbocycles. The smallest absolute Gasteiger partial charge is 0.258 e. The number of methoxy groups -OCH3 is 1. The largest absolute Gasteiger partial charge is 0.383 e. The number of hydroxylamine groups is 2. The highest BCUT2D eigenvalue weighted by atomic mass is 16.7. The summed E-state index contributed by atoms with van der Waals surface area (Å²) in [5, 5.41) is 1.07. The van der Waals surface area contributed by atoms with E-state index in [9.17, 15) is 9.59 Å². The molecule has 2 aliphatic heterocycles. The molecule has 0 aromatic rings. The number of nitrogens with zero attached hydrogens (tertiary/aromatic N) is 3. The van der Waals surface area contributed by atoms with Gasteiger partial charge >= 0.3 is 0 Å². The van der Waals surface area contributed by atoms with E-state index < -0.39 is 0 Å². The second-order valence-corrected chi connectivity index (χ2v) is 7.48. The van der Waals surface area contributed by atoms with E-state index in [1.54, 1.807) is 7.11 Å². The molecule has 0 aromatic heterocycles. The number of rotatable bonds is 7. The lowest BCUT2D eigenvalue weighted by Crippen LogP contribution is -2.48. The lowest BCUT2D eigenvalue weighted by Gasteiger charge is -2.34. The van der Waals surface area contributed by atoms with Crippen molar-refractivity contribution in [1.82, 2.24) is 14.9 Å². The van der Waals surface area contributed by atoms with Crippen LogP contribution < -0.4 is 0 Å². The Hall–Kier alpha value is -1.28. The number of amides is 2. The lowest BCUT2D eigenvalue weighted by molar-refractivity contribution is -0.191. The fraction of sp³-hybridized carbons (Fsp3) is 0.778. The molecule has 7 nitrogen and oxygen atoms in total. The monoisotopic (exact) mass is 349 g/mol. The number of hydrogen-bond acceptors (Lipinski definition) is 6. The zero-order valence-electron chi connectivity index (χ0n) is 14.8. The number of allylic oxidation sites excluding steroid dienone is 2. The third-order valence-electron chi connectivity index (χ3n) is 6.13. The highest BCUT2D eigenvalue weighted by Crippen LogP contribution is 2.52. The van der Waals surface area contributed by atoms with Crippen LogP contribution in [0.15, 0.2) is 12.2 Å². The van der Waals surface area contributed by atoms with Gasteiger partial charge in [-0.25, -0.2) is 0 Å². The van der Waals surface area contributed by atoms with Gasteiger partial charge in [0, 0.05) is 46.4 Å². The molecule has 3 fully saturated rings. The summed E-state index contributed by atoms with van der Waals surface area (Å²) >= 11 is 0. The molecule has 2 amide bonds.